The summed E-state index contributed by atoms with van der Waals surface area (Å²) in [7, 11) is 0. The maximum Gasteiger partial charge on any atom is 0.156 e. The van der Waals surface area contributed by atoms with Crippen LogP contribution in [0.1, 0.15) is 38.5 Å². The van der Waals surface area contributed by atoms with Crippen molar-refractivity contribution in [2.24, 2.45) is 11.8 Å². The van der Waals surface area contributed by atoms with Gasteiger partial charge in [-0.2, -0.15) is 0 Å². The van der Waals surface area contributed by atoms with Crippen LogP contribution in [0.15, 0.2) is 23.3 Å². The van der Waals surface area contributed by atoms with Gasteiger partial charge in [-0.3, -0.25) is 9.59 Å². The highest BCUT2D eigenvalue weighted by Gasteiger charge is 2.60. The Morgan fingerprint density at radius 3 is 1.75 bits per heavy atom. The van der Waals surface area contributed by atoms with Gasteiger partial charge in [0.05, 0.1) is 5.60 Å². The SMILES string of the molecule is O=C1C=C2CC3(O)CC4=CC(=O)C[C@@H]4CC3(O)C[C@H]2C1. The highest BCUT2D eigenvalue weighted by atomic mass is 16.4. The van der Waals surface area contributed by atoms with Crippen molar-refractivity contribution >= 4 is 11.6 Å². The molecule has 20 heavy (non-hydrogen) atoms. The van der Waals surface area contributed by atoms with E-state index < -0.39 is 11.2 Å². The van der Waals surface area contributed by atoms with E-state index in [1.807, 2.05) is 0 Å². The summed E-state index contributed by atoms with van der Waals surface area (Å²) in [5.74, 6) is 0.363. The Labute approximate surface area is 117 Å². The molecule has 4 rings (SSSR count). The molecule has 0 unspecified atom stereocenters. The maximum atomic E-state index is 11.6. The van der Waals surface area contributed by atoms with Crippen molar-refractivity contribution in [3.63, 3.8) is 0 Å². The minimum Gasteiger partial charge on any atom is -0.387 e. The number of carbonyl (C=O) groups is 2. The Bertz CT molecular complexity index is 539. The number of fused-ring (bicyclic) bond motifs is 3. The van der Waals surface area contributed by atoms with Crippen LogP contribution in [0, 0.1) is 11.8 Å². The molecule has 0 aromatic heterocycles. The molecule has 106 valence electrons. The van der Waals surface area contributed by atoms with Gasteiger partial charge in [0, 0.05) is 25.7 Å². The number of rotatable bonds is 0. The summed E-state index contributed by atoms with van der Waals surface area (Å²) < 4.78 is 0. The van der Waals surface area contributed by atoms with Crippen molar-refractivity contribution in [2.75, 3.05) is 0 Å². The molecular formula is C16H18O4. The Balaban J connectivity index is 1.72. The summed E-state index contributed by atoms with van der Waals surface area (Å²) in [6.45, 7) is 0. The van der Waals surface area contributed by atoms with Crippen LogP contribution in [-0.4, -0.2) is 33.0 Å². The van der Waals surface area contributed by atoms with Crippen molar-refractivity contribution in [3.8, 4) is 0 Å². The van der Waals surface area contributed by atoms with E-state index in [2.05, 4.69) is 0 Å². The third kappa shape index (κ3) is 1.55. The molecule has 0 amide bonds. The molecule has 4 aliphatic carbocycles. The fourth-order valence-corrected chi connectivity index (χ4v) is 4.66. The van der Waals surface area contributed by atoms with Crippen LogP contribution in [0.5, 0.6) is 0 Å². The molecule has 4 nitrogen and oxygen atoms in total. The lowest BCUT2D eigenvalue weighted by atomic mass is 9.57. The second kappa shape index (κ2) is 3.68. The van der Waals surface area contributed by atoms with Gasteiger partial charge >= 0.3 is 0 Å². The first-order valence-electron chi connectivity index (χ1n) is 7.30. The lowest BCUT2D eigenvalue weighted by Crippen LogP contribution is -2.61. The highest BCUT2D eigenvalue weighted by molar-refractivity contribution is 5.94. The quantitative estimate of drug-likeness (QED) is 0.693. The fourth-order valence-electron chi connectivity index (χ4n) is 4.66. The molecule has 0 radical (unpaired) electrons. The van der Waals surface area contributed by atoms with Crippen LogP contribution in [0.25, 0.3) is 0 Å². The second-order valence-electron chi connectivity index (χ2n) is 7.00. The average Bonchev–Trinajstić information content (AvgIpc) is 2.81. The molecule has 0 spiro atoms. The number of ketones is 2. The molecule has 2 atom stereocenters. The van der Waals surface area contributed by atoms with E-state index >= 15 is 0 Å². The number of allylic oxidation sites excluding steroid dienone is 2. The smallest absolute Gasteiger partial charge is 0.156 e. The van der Waals surface area contributed by atoms with Crippen LogP contribution < -0.4 is 0 Å². The van der Waals surface area contributed by atoms with E-state index in [0.717, 1.165) is 11.1 Å². The van der Waals surface area contributed by atoms with Crippen LogP contribution >= 0.6 is 0 Å². The molecule has 4 aliphatic rings. The topological polar surface area (TPSA) is 74.6 Å². The van der Waals surface area contributed by atoms with E-state index in [0.29, 0.717) is 38.5 Å². The molecule has 0 aromatic carbocycles. The summed E-state index contributed by atoms with van der Waals surface area (Å²) >= 11 is 0. The van der Waals surface area contributed by atoms with Crippen LogP contribution in [0.4, 0.5) is 0 Å². The zero-order valence-electron chi connectivity index (χ0n) is 11.3. The molecule has 2 saturated carbocycles. The van der Waals surface area contributed by atoms with Gasteiger partial charge in [-0.15, -0.1) is 0 Å². The third-order valence-electron chi connectivity index (χ3n) is 5.66. The highest BCUT2D eigenvalue weighted by Crippen LogP contribution is 2.56. The molecule has 2 fully saturated rings. The molecular weight excluding hydrogens is 256 g/mol. The predicted molar refractivity (Wildman–Crippen MR) is 70.8 cm³/mol. The maximum absolute atomic E-state index is 11.6. The predicted octanol–water partition coefficient (Wildman–Crippen LogP) is 1.07. The lowest BCUT2D eigenvalue weighted by molar-refractivity contribution is -0.191. The van der Waals surface area contributed by atoms with E-state index in [4.69, 9.17) is 0 Å². The summed E-state index contributed by atoms with van der Waals surface area (Å²) in [6.07, 6.45) is 5.80. The standard InChI is InChI=1S/C16H18O4/c17-13-1-9-5-15(19)7-11-3-14(18)4-12(11)8-16(15,20)6-10(9)2-13/h1,3,10,12,19-20H,2,4-8H2/t10-,12-,15?,16?/m1/s1. The van der Waals surface area contributed by atoms with Gasteiger partial charge in [0.1, 0.15) is 5.60 Å². The third-order valence-corrected chi connectivity index (χ3v) is 5.66. The van der Waals surface area contributed by atoms with Crippen LogP contribution in [-0.2, 0) is 9.59 Å². The lowest BCUT2D eigenvalue weighted by Gasteiger charge is -2.54. The Morgan fingerprint density at radius 1 is 0.850 bits per heavy atom. The van der Waals surface area contributed by atoms with Crippen molar-refractivity contribution in [3.05, 3.63) is 23.3 Å². The summed E-state index contributed by atoms with van der Waals surface area (Å²) in [5.41, 5.74) is -0.421. The van der Waals surface area contributed by atoms with E-state index in [9.17, 15) is 19.8 Å². The normalized spacial score (nSPS) is 46.5. The number of hydrogen-bond acceptors (Lipinski definition) is 4. The van der Waals surface area contributed by atoms with Gasteiger partial charge in [0.15, 0.2) is 11.6 Å². The molecule has 0 saturated heterocycles. The zero-order chi connectivity index (χ0) is 14.1. The van der Waals surface area contributed by atoms with Crippen molar-refractivity contribution < 1.29 is 19.8 Å². The number of aliphatic hydroxyl groups is 2. The largest absolute Gasteiger partial charge is 0.387 e. The second-order valence-corrected chi connectivity index (χ2v) is 7.00. The van der Waals surface area contributed by atoms with E-state index in [1.54, 1.807) is 12.2 Å². The first kappa shape index (κ1) is 12.5. The van der Waals surface area contributed by atoms with Crippen LogP contribution in [0.2, 0.25) is 0 Å². The number of carbonyl (C=O) groups excluding carboxylic acids is 2. The molecule has 0 aliphatic heterocycles. The van der Waals surface area contributed by atoms with Gasteiger partial charge in [0.25, 0.3) is 0 Å². The van der Waals surface area contributed by atoms with Gasteiger partial charge in [-0.25, -0.2) is 0 Å². The summed E-state index contributed by atoms with van der Waals surface area (Å²) in [4.78, 5) is 23.1. The molecule has 0 heterocycles. The monoisotopic (exact) mass is 274 g/mol. The zero-order valence-corrected chi connectivity index (χ0v) is 11.3. The Kier molecular flexibility index (Phi) is 2.30. The van der Waals surface area contributed by atoms with Crippen molar-refractivity contribution in [2.45, 2.75) is 49.7 Å². The molecule has 0 aromatic rings. The first-order valence-corrected chi connectivity index (χ1v) is 7.30. The van der Waals surface area contributed by atoms with Crippen molar-refractivity contribution in [1.82, 2.24) is 0 Å². The Hall–Kier alpha value is -1.26. The van der Waals surface area contributed by atoms with Gasteiger partial charge < -0.3 is 10.2 Å². The fraction of sp³-hybridized carbons (Fsp3) is 0.625. The summed E-state index contributed by atoms with van der Waals surface area (Å²) in [6, 6.07) is 0. The Morgan fingerprint density at radius 2 is 1.30 bits per heavy atom. The summed E-state index contributed by atoms with van der Waals surface area (Å²) in [5, 5.41) is 22.0. The molecule has 0 bridgehead atoms. The first-order chi connectivity index (χ1) is 9.38. The molecule has 2 N–H and O–H groups in total. The van der Waals surface area contributed by atoms with E-state index in [-0.39, 0.29) is 23.4 Å². The van der Waals surface area contributed by atoms with Crippen molar-refractivity contribution in [1.29, 1.82) is 0 Å². The van der Waals surface area contributed by atoms with E-state index in [1.165, 1.54) is 0 Å². The van der Waals surface area contributed by atoms with Gasteiger partial charge in [-0.05, 0) is 36.8 Å². The minimum absolute atomic E-state index is 0.0791. The minimum atomic E-state index is -1.22. The van der Waals surface area contributed by atoms with Gasteiger partial charge in [-0.1, -0.05) is 11.1 Å². The van der Waals surface area contributed by atoms with Crippen LogP contribution in [0.3, 0.4) is 0 Å². The average molecular weight is 274 g/mol. The molecule has 4 heteroatoms. The number of hydrogen-bond donors (Lipinski definition) is 2. The van der Waals surface area contributed by atoms with Gasteiger partial charge in [0.2, 0.25) is 0 Å².